The van der Waals surface area contributed by atoms with Crippen LogP contribution in [0.1, 0.15) is 32.6 Å². The Morgan fingerprint density at radius 3 is 2.90 bits per heavy atom. The van der Waals surface area contributed by atoms with Crippen molar-refractivity contribution in [2.24, 2.45) is 11.8 Å². The number of rotatable bonds is 5. The van der Waals surface area contributed by atoms with Crippen LogP contribution in [0.3, 0.4) is 0 Å². The number of nitrogens with one attached hydrogen (secondary N) is 4. The Kier molecular flexibility index (Phi) is 4.70. The first kappa shape index (κ1) is 18.5. The van der Waals surface area contributed by atoms with Crippen LogP contribution in [0.25, 0.3) is 10.9 Å². The highest BCUT2D eigenvalue weighted by Gasteiger charge is 2.44. The number of hydrogen-bond donors (Lipinski definition) is 4. The Balaban J connectivity index is 1.43. The summed E-state index contributed by atoms with van der Waals surface area (Å²) in [6, 6.07) is 8.40. The van der Waals surface area contributed by atoms with Crippen LogP contribution in [0.15, 0.2) is 30.5 Å². The first-order chi connectivity index (χ1) is 14.1. The van der Waals surface area contributed by atoms with Crippen molar-refractivity contribution in [1.29, 1.82) is 0 Å². The number of anilines is 1. The minimum absolute atomic E-state index is 0.0446. The number of nitrogens with zero attached hydrogens (tertiary/aromatic N) is 1. The molecule has 1 aliphatic carbocycles. The van der Waals surface area contributed by atoms with Gasteiger partial charge in [0.25, 0.3) is 0 Å². The maximum absolute atomic E-state index is 12.7. The first-order valence-corrected chi connectivity index (χ1v) is 10.8. The van der Waals surface area contributed by atoms with Gasteiger partial charge in [-0.2, -0.15) is 0 Å². The number of para-hydroxylation sites is 1. The van der Waals surface area contributed by atoms with Gasteiger partial charge in [0.2, 0.25) is 11.8 Å². The summed E-state index contributed by atoms with van der Waals surface area (Å²) in [5, 5.41) is 14.6. The molecule has 1 aromatic carbocycles. The molecule has 2 saturated heterocycles. The van der Waals surface area contributed by atoms with Crippen LogP contribution in [0.5, 0.6) is 0 Å². The second-order valence-electron chi connectivity index (χ2n) is 8.55. The number of carbonyl (C=O) groups is 2. The van der Waals surface area contributed by atoms with Crippen molar-refractivity contribution >= 4 is 28.4 Å². The Labute approximate surface area is 170 Å². The second-order valence-corrected chi connectivity index (χ2v) is 8.55. The van der Waals surface area contributed by atoms with Gasteiger partial charge in [0, 0.05) is 49.1 Å². The summed E-state index contributed by atoms with van der Waals surface area (Å²) in [5.74, 6) is 0.258. The fourth-order valence-corrected chi connectivity index (χ4v) is 4.93. The van der Waals surface area contributed by atoms with Gasteiger partial charge < -0.3 is 20.5 Å². The lowest BCUT2D eigenvalue weighted by molar-refractivity contribution is -0.129. The Morgan fingerprint density at radius 2 is 2.10 bits per heavy atom. The van der Waals surface area contributed by atoms with E-state index in [4.69, 9.17) is 0 Å². The van der Waals surface area contributed by atoms with Gasteiger partial charge in [-0.3, -0.25) is 14.9 Å². The summed E-state index contributed by atoms with van der Waals surface area (Å²) in [7, 11) is 0. The quantitative estimate of drug-likeness (QED) is 0.622. The number of amides is 2. The zero-order valence-corrected chi connectivity index (χ0v) is 16.8. The lowest BCUT2D eigenvalue weighted by atomic mass is 9.80. The van der Waals surface area contributed by atoms with E-state index in [2.05, 4.69) is 63.2 Å². The smallest absolute Gasteiger partial charge is 0.226 e. The monoisotopic (exact) mass is 395 g/mol. The predicted octanol–water partition coefficient (Wildman–Crippen LogP) is 1.79. The van der Waals surface area contributed by atoms with Crippen LogP contribution in [0.2, 0.25) is 0 Å². The third-order valence-corrected chi connectivity index (χ3v) is 6.56. The van der Waals surface area contributed by atoms with Gasteiger partial charge in [-0.25, -0.2) is 0 Å². The molecule has 7 heteroatoms. The lowest BCUT2D eigenvalue weighted by Crippen LogP contribution is -2.66. The van der Waals surface area contributed by atoms with Crippen molar-refractivity contribution in [1.82, 2.24) is 20.5 Å². The molecule has 2 amide bonds. The largest absolute Gasteiger partial charge is 0.380 e. The van der Waals surface area contributed by atoms with Gasteiger partial charge in [0.15, 0.2) is 0 Å². The van der Waals surface area contributed by atoms with E-state index < -0.39 is 0 Å². The maximum Gasteiger partial charge on any atom is 0.226 e. The van der Waals surface area contributed by atoms with E-state index in [1.54, 1.807) is 0 Å². The Hall–Kier alpha value is -2.54. The average Bonchev–Trinajstić information content (AvgIpc) is 3.48. The first-order valence-electron chi connectivity index (χ1n) is 10.8. The number of benzene rings is 1. The van der Waals surface area contributed by atoms with E-state index in [9.17, 15) is 9.59 Å². The highest BCUT2D eigenvalue weighted by Crippen LogP contribution is 2.32. The van der Waals surface area contributed by atoms with Crippen molar-refractivity contribution in [2.75, 3.05) is 11.9 Å². The van der Waals surface area contributed by atoms with Crippen molar-refractivity contribution in [2.45, 2.75) is 57.4 Å². The summed E-state index contributed by atoms with van der Waals surface area (Å²) >= 11 is 0. The van der Waals surface area contributed by atoms with Crippen molar-refractivity contribution < 1.29 is 9.59 Å². The van der Waals surface area contributed by atoms with Gasteiger partial charge >= 0.3 is 0 Å². The second kappa shape index (κ2) is 7.37. The van der Waals surface area contributed by atoms with Gasteiger partial charge in [-0.05, 0) is 38.3 Å². The molecule has 3 aliphatic rings. The third kappa shape index (κ3) is 3.48. The summed E-state index contributed by atoms with van der Waals surface area (Å²) < 4.78 is 2.23. The van der Waals surface area contributed by atoms with E-state index in [1.165, 1.54) is 10.9 Å². The van der Waals surface area contributed by atoms with Gasteiger partial charge in [0.1, 0.15) is 0 Å². The molecule has 29 heavy (non-hydrogen) atoms. The molecule has 3 heterocycles. The topological polar surface area (TPSA) is 87.2 Å². The van der Waals surface area contributed by atoms with E-state index in [1.807, 2.05) is 0 Å². The molecular formula is C22H29N5O2. The zero-order valence-electron chi connectivity index (χ0n) is 16.8. The molecule has 0 radical (unpaired) electrons. The summed E-state index contributed by atoms with van der Waals surface area (Å²) in [6.07, 6.45) is 5.53. The number of piperidine rings is 2. The van der Waals surface area contributed by atoms with Gasteiger partial charge in [0.05, 0.1) is 23.3 Å². The van der Waals surface area contributed by atoms with Gasteiger partial charge in [-0.1, -0.05) is 12.1 Å². The van der Waals surface area contributed by atoms with Crippen LogP contribution in [-0.4, -0.2) is 41.2 Å². The van der Waals surface area contributed by atoms with Crippen LogP contribution in [0.4, 0.5) is 5.69 Å². The zero-order chi connectivity index (χ0) is 20.0. The maximum atomic E-state index is 12.7. The van der Waals surface area contributed by atoms with Crippen LogP contribution in [0, 0.1) is 11.8 Å². The molecule has 2 aliphatic heterocycles. The van der Waals surface area contributed by atoms with Crippen LogP contribution >= 0.6 is 0 Å². The molecule has 2 aromatic rings. The minimum atomic E-state index is -0.155. The fraction of sp³-hybridized carbons (Fsp3) is 0.545. The number of carbonyl (C=O) groups excluding carboxylic acids is 2. The average molecular weight is 396 g/mol. The van der Waals surface area contributed by atoms with E-state index >= 15 is 0 Å². The molecular weight excluding hydrogens is 366 g/mol. The molecule has 1 saturated carbocycles. The van der Waals surface area contributed by atoms with Gasteiger partial charge in [-0.15, -0.1) is 0 Å². The van der Waals surface area contributed by atoms with Crippen molar-refractivity contribution in [3.8, 4) is 0 Å². The van der Waals surface area contributed by atoms with E-state index in [0.29, 0.717) is 13.0 Å². The highest BCUT2D eigenvalue weighted by molar-refractivity contribution is 5.92. The number of fused-ring (bicyclic) bond motifs is 2. The van der Waals surface area contributed by atoms with Crippen molar-refractivity contribution in [3.05, 3.63) is 30.5 Å². The molecule has 0 bridgehead atoms. The molecule has 4 unspecified atom stereocenters. The summed E-state index contributed by atoms with van der Waals surface area (Å²) in [4.78, 5) is 25.1. The normalized spacial score (nSPS) is 29.2. The SMILES string of the molecule is CCn1ccc2cccc(NC3CC(NC(=O)C4CC4)NC4CCNC(=O)C34)c21. The highest BCUT2D eigenvalue weighted by atomic mass is 16.2. The number of aromatic nitrogens is 1. The van der Waals surface area contributed by atoms with Crippen LogP contribution in [-0.2, 0) is 16.1 Å². The van der Waals surface area contributed by atoms with Crippen LogP contribution < -0.4 is 21.3 Å². The molecule has 0 spiro atoms. The van der Waals surface area contributed by atoms with E-state index in [0.717, 1.165) is 31.5 Å². The molecule has 1 aromatic heterocycles. The molecule has 4 N–H and O–H groups in total. The Bertz CT molecular complexity index is 934. The Morgan fingerprint density at radius 1 is 1.24 bits per heavy atom. The predicted molar refractivity (Wildman–Crippen MR) is 112 cm³/mol. The molecule has 7 nitrogen and oxygen atoms in total. The number of aryl methyl sites for hydroxylation is 1. The van der Waals surface area contributed by atoms with E-state index in [-0.39, 0.29) is 41.9 Å². The molecule has 154 valence electrons. The molecule has 5 rings (SSSR count). The summed E-state index contributed by atoms with van der Waals surface area (Å²) in [6.45, 7) is 3.70. The minimum Gasteiger partial charge on any atom is -0.380 e. The number of hydrogen-bond acceptors (Lipinski definition) is 4. The third-order valence-electron chi connectivity index (χ3n) is 6.56. The standard InChI is InChI=1S/C22H29N5O2/c1-2-27-11-9-13-4-3-5-16(20(13)27)24-17-12-18(26-21(28)14-6-7-14)25-15-8-10-23-22(29)19(15)17/h3-5,9,11,14-15,17-19,24-25H,2,6-8,10,12H2,1H3,(H,23,29)(H,26,28). The van der Waals surface area contributed by atoms with Crippen molar-refractivity contribution in [3.63, 3.8) is 0 Å². The summed E-state index contributed by atoms with van der Waals surface area (Å²) in [5.41, 5.74) is 2.21. The fourth-order valence-electron chi connectivity index (χ4n) is 4.93. The molecule has 3 fully saturated rings. The lowest BCUT2D eigenvalue weighted by Gasteiger charge is -2.45. The molecule has 4 atom stereocenters.